The molecule has 112 valence electrons. The maximum absolute atomic E-state index is 5.86. The molecule has 2 heteroatoms. The molecular weight excluding hydrogens is 312 g/mol. The van der Waals surface area contributed by atoms with Gasteiger partial charge in [0.05, 0.1) is 6.61 Å². The van der Waals surface area contributed by atoms with E-state index in [4.69, 9.17) is 4.74 Å². The highest BCUT2D eigenvalue weighted by molar-refractivity contribution is 9.09. The van der Waals surface area contributed by atoms with E-state index in [1.807, 2.05) is 30.3 Å². The fraction of sp³-hybridized carbons (Fsp3) is 0.667. The lowest BCUT2D eigenvalue weighted by Crippen LogP contribution is -2.32. The van der Waals surface area contributed by atoms with Gasteiger partial charge in [-0.2, -0.15) is 0 Å². The zero-order valence-corrected chi connectivity index (χ0v) is 14.5. The first-order chi connectivity index (χ1) is 9.47. The lowest BCUT2D eigenvalue weighted by atomic mass is 9.68. The van der Waals surface area contributed by atoms with Crippen LogP contribution in [0.4, 0.5) is 0 Å². The van der Waals surface area contributed by atoms with Crippen LogP contribution in [0.2, 0.25) is 0 Å². The molecule has 1 fully saturated rings. The van der Waals surface area contributed by atoms with Gasteiger partial charge in [0, 0.05) is 4.83 Å². The van der Waals surface area contributed by atoms with Crippen LogP contribution in [0.15, 0.2) is 30.3 Å². The molecule has 1 aromatic rings. The standard InChI is InChI=1S/C18H27BrO/c1-18(2,3)15-9-10-17(19)14(13-15)11-12-20-16-7-5-4-6-8-16/h4-8,14-15,17H,9-13H2,1-3H3. The van der Waals surface area contributed by atoms with Crippen molar-refractivity contribution in [3.05, 3.63) is 30.3 Å². The van der Waals surface area contributed by atoms with E-state index < -0.39 is 0 Å². The number of halogens is 1. The maximum atomic E-state index is 5.86. The molecule has 3 atom stereocenters. The molecule has 20 heavy (non-hydrogen) atoms. The molecule has 0 amide bonds. The normalized spacial score (nSPS) is 27.3. The van der Waals surface area contributed by atoms with Gasteiger partial charge in [0.2, 0.25) is 0 Å². The molecule has 0 spiro atoms. The Morgan fingerprint density at radius 2 is 1.85 bits per heavy atom. The Bertz CT molecular complexity index is 396. The molecule has 2 rings (SSSR count). The Morgan fingerprint density at radius 1 is 1.15 bits per heavy atom. The van der Waals surface area contributed by atoms with Crippen LogP contribution in [0.1, 0.15) is 46.5 Å². The van der Waals surface area contributed by atoms with Gasteiger partial charge in [0.25, 0.3) is 0 Å². The number of alkyl halides is 1. The quantitative estimate of drug-likeness (QED) is 0.641. The summed E-state index contributed by atoms with van der Waals surface area (Å²) in [6.45, 7) is 7.96. The topological polar surface area (TPSA) is 9.23 Å². The Morgan fingerprint density at radius 3 is 2.50 bits per heavy atom. The van der Waals surface area contributed by atoms with Crippen LogP contribution in [0, 0.1) is 17.3 Å². The van der Waals surface area contributed by atoms with Crippen molar-refractivity contribution in [2.24, 2.45) is 17.3 Å². The predicted molar refractivity (Wildman–Crippen MR) is 89.6 cm³/mol. The average molecular weight is 339 g/mol. The number of benzene rings is 1. The minimum absolute atomic E-state index is 0.436. The van der Waals surface area contributed by atoms with Crippen molar-refractivity contribution in [2.75, 3.05) is 6.61 Å². The van der Waals surface area contributed by atoms with Gasteiger partial charge in [-0.25, -0.2) is 0 Å². The molecule has 1 saturated carbocycles. The maximum Gasteiger partial charge on any atom is 0.119 e. The molecule has 1 aliphatic rings. The number of rotatable bonds is 4. The van der Waals surface area contributed by atoms with Crippen LogP contribution in [0.25, 0.3) is 0 Å². The van der Waals surface area contributed by atoms with Gasteiger partial charge in [-0.15, -0.1) is 0 Å². The number of hydrogen-bond donors (Lipinski definition) is 0. The zero-order chi connectivity index (χ0) is 14.6. The Balaban J connectivity index is 1.81. The summed E-state index contributed by atoms with van der Waals surface area (Å²) in [6.07, 6.45) is 5.14. The number of ether oxygens (including phenoxy) is 1. The minimum atomic E-state index is 0.436. The molecule has 3 unspecified atom stereocenters. The van der Waals surface area contributed by atoms with E-state index >= 15 is 0 Å². The van der Waals surface area contributed by atoms with Crippen molar-refractivity contribution in [1.82, 2.24) is 0 Å². The Hall–Kier alpha value is -0.500. The summed E-state index contributed by atoms with van der Waals surface area (Å²) in [6, 6.07) is 10.1. The van der Waals surface area contributed by atoms with E-state index in [2.05, 4.69) is 36.7 Å². The second-order valence-electron chi connectivity index (χ2n) is 7.10. The largest absolute Gasteiger partial charge is 0.494 e. The lowest BCUT2D eigenvalue weighted by Gasteiger charge is -2.40. The predicted octanol–water partition coefficient (Wildman–Crippen LogP) is 5.68. The van der Waals surface area contributed by atoms with Crippen LogP contribution >= 0.6 is 15.9 Å². The van der Waals surface area contributed by atoms with Crippen LogP contribution in [0.3, 0.4) is 0 Å². The Kier molecular flexibility index (Phi) is 5.54. The molecule has 0 bridgehead atoms. The summed E-state index contributed by atoms with van der Waals surface area (Å²) in [4.78, 5) is 0.667. The van der Waals surface area contributed by atoms with Crippen LogP contribution in [0.5, 0.6) is 5.75 Å². The molecule has 0 radical (unpaired) electrons. The molecule has 0 aliphatic heterocycles. The molecule has 0 saturated heterocycles. The number of para-hydroxylation sites is 1. The van der Waals surface area contributed by atoms with Crippen molar-refractivity contribution in [2.45, 2.75) is 51.3 Å². The van der Waals surface area contributed by atoms with E-state index in [9.17, 15) is 0 Å². The van der Waals surface area contributed by atoms with Crippen molar-refractivity contribution in [3.63, 3.8) is 0 Å². The summed E-state index contributed by atoms with van der Waals surface area (Å²) in [7, 11) is 0. The molecule has 1 aliphatic carbocycles. The van der Waals surface area contributed by atoms with Crippen molar-refractivity contribution in [3.8, 4) is 5.75 Å². The van der Waals surface area contributed by atoms with Gasteiger partial charge in [-0.3, -0.25) is 0 Å². The minimum Gasteiger partial charge on any atom is -0.494 e. The second-order valence-corrected chi connectivity index (χ2v) is 8.28. The second kappa shape index (κ2) is 6.98. The van der Waals surface area contributed by atoms with Gasteiger partial charge in [0.15, 0.2) is 0 Å². The third-order valence-corrected chi connectivity index (χ3v) is 5.82. The lowest BCUT2D eigenvalue weighted by molar-refractivity contribution is 0.133. The average Bonchev–Trinajstić information content (AvgIpc) is 2.41. The molecule has 0 heterocycles. The van der Waals surface area contributed by atoms with Crippen molar-refractivity contribution < 1.29 is 4.74 Å². The summed E-state index contributed by atoms with van der Waals surface area (Å²) in [5.74, 6) is 2.58. The first-order valence-electron chi connectivity index (χ1n) is 7.78. The third-order valence-electron chi connectivity index (χ3n) is 4.61. The van der Waals surface area contributed by atoms with Gasteiger partial charge in [-0.05, 0) is 55.1 Å². The molecule has 1 aromatic carbocycles. The van der Waals surface area contributed by atoms with E-state index in [0.717, 1.165) is 30.6 Å². The van der Waals surface area contributed by atoms with Gasteiger partial charge in [-0.1, -0.05) is 54.9 Å². The molecule has 0 aromatic heterocycles. The van der Waals surface area contributed by atoms with Crippen molar-refractivity contribution in [1.29, 1.82) is 0 Å². The van der Waals surface area contributed by atoms with Crippen molar-refractivity contribution >= 4 is 15.9 Å². The highest BCUT2D eigenvalue weighted by atomic mass is 79.9. The summed E-state index contributed by atoms with van der Waals surface area (Å²) in [5.41, 5.74) is 0.436. The first-order valence-corrected chi connectivity index (χ1v) is 8.70. The summed E-state index contributed by atoms with van der Waals surface area (Å²) in [5, 5.41) is 0. The van der Waals surface area contributed by atoms with E-state index in [1.54, 1.807) is 0 Å². The van der Waals surface area contributed by atoms with Crippen LogP contribution in [-0.4, -0.2) is 11.4 Å². The summed E-state index contributed by atoms with van der Waals surface area (Å²) >= 11 is 3.88. The SMILES string of the molecule is CC(C)(C)C1CCC(Br)C(CCOc2ccccc2)C1. The molecular formula is C18H27BrO. The molecule has 1 nitrogen and oxygen atoms in total. The fourth-order valence-corrected chi connectivity index (χ4v) is 3.90. The van der Waals surface area contributed by atoms with Gasteiger partial charge < -0.3 is 4.74 Å². The Labute approximate surface area is 132 Å². The highest BCUT2D eigenvalue weighted by Gasteiger charge is 2.34. The van der Waals surface area contributed by atoms with E-state index in [1.165, 1.54) is 19.3 Å². The van der Waals surface area contributed by atoms with Gasteiger partial charge in [0.1, 0.15) is 5.75 Å². The monoisotopic (exact) mass is 338 g/mol. The third kappa shape index (κ3) is 4.51. The smallest absolute Gasteiger partial charge is 0.119 e. The molecule has 0 N–H and O–H groups in total. The van der Waals surface area contributed by atoms with Gasteiger partial charge >= 0.3 is 0 Å². The van der Waals surface area contributed by atoms with Crippen LogP contribution in [-0.2, 0) is 0 Å². The zero-order valence-electron chi connectivity index (χ0n) is 12.9. The van der Waals surface area contributed by atoms with E-state index in [0.29, 0.717) is 10.2 Å². The van der Waals surface area contributed by atoms with E-state index in [-0.39, 0.29) is 0 Å². The summed E-state index contributed by atoms with van der Waals surface area (Å²) < 4.78 is 5.86. The fourth-order valence-electron chi connectivity index (χ4n) is 3.16. The first kappa shape index (κ1) is 15.9. The van der Waals surface area contributed by atoms with Crippen LogP contribution < -0.4 is 4.74 Å². The highest BCUT2D eigenvalue weighted by Crippen LogP contribution is 2.43. The number of hydrogen-bond acceptors (Lipinski definition) is 1.